The van der Waals surface area contributed by atoms with E-state index in [0.717, 1.165) is 22.8 Å². The number of hydrogen-bond acceptors (Lipinski definition) is 4. The lowest BCUT2D eigenvalue weighted by Crippen LogP contribution is -2.20. The van der Waals surface area contributed by atoms with E-state index < -0.39 is 0 Å². The average Bonchev–Trinajstić information content (AvgIpc) is 2.81. The van der Waals surface area contributed by atoms with Gasteiger partial charge in [0.2, 0.25) is 0 Å². The summed E-state index contributed by atoms with van der Waals surface area (Å²) in [6, 6.07) is 12.2. The Morgan fingerprint density at radius 1 is 1.39 bits per heavy atom. The first-order valence-corrected chi connectivity index (χ1v) is 6.74. The zero-order chi connectivity index (χ0) is 12.8. The fourth-order valence-electron chi connectivity index (χ4n) is 1.73. The maximum absolute atomic E-state index is 9.18. The molecule has 1 aromatic heterocycles. The van der Waals surface area contributed by atoms with Crippen molar-refractivity contribution in [1.82, 2.24) is 10.3 Å². The van der Waals surface area contributed by atoms with Crippen molar-refractivity contribution >= 4 is 11.3 Å². The molecule has 2 aromatic rings. The van der Waals surface area contributed by atoms with E-state index in [1.165, 1.54) is 0 Å². The van der Waals surface area contributed by atoms with Gasteiger partial charge in [0, 0.05) is 24.2 Å². The number of hydrogen-bond donors (Lipinski definition) is 1. The van der Waals surface area contributed by atoms with Crippen LogP contribution >= 0.6 is 11.3 Å². The van der Waals surface area contributed by atoms with Crippen molar-refractivity contribution in [3.8, 4) is 6.07 Å². The third-order valence-corrected chi connectivity index (χ3v) is 3.62. The van der Waals surface area contributed by atoms with Crippen LogP contribution in [0.1, 0.15) is 22.2 Å². The number of rotatable bonds is 5. The molecular weight excluding hydrogens is 242 g/mol. The van der Waals surface area contributed by atoms with Crippen molar-refractivity contribution in [2.24, 2.45) is 0 Å². The van der Waals surface area contributed by atoms with Crippen LogP contribution in [0.25, 0.3) is 0 Å². The highest BCUT2D eigenvalue weighted by Crippen LogP contribution is 2.14. The second-order valence-corrected chi connectivity index (χ2v) is 5.05. The zero-order valence-electron chi connectivity index (χ0n) is 10.3. The van der Waals surface area contributed by atoms with Crippen molar-refractivity contribution in [2.75, 3.05) is 6.54 Å². The number of thiazole rings is 1. The fraction of sp³-hybridized carbons (Fsp3) is 0.286. The van der Waals surface area contributed by atoms with Crippen molar-refractivity contribution in [3.63, 3.8) is 0 Å². The standard InChI is InChI=1S/C14H15N3S/c1-11-10-18-14(17-11)9-16-8-13(7-15)12-5-3-2-4-6-12/h2-6,10,13,16H,8-9H2,1H3. The van der Waals surface area contributed by atoms with Crippen molar-refractivity contribution in [3.05, 3.63) is 52.0 Å². The van der Waals surface area contributed by atoms with Crippen LogP contribution in [0.4, 0.5) is 0 Å². The average molecular weight is 257 g/mol. The Bertz CT molecular complexity index is 527. The molecule has 4 heteroatoms. The monoisotopic (exact) mass is 257 g/mol. The van der Waals surface area contributed by atoms with E-state index in [1.807, 2.05) is 42.6 Å². The molecule has 0 aliphatic heterocycles. The molecule has 0 spiro atoms. The van der Waals surface area contributed by atoms with Crippen LogP contribution in [-0.4, -0.2) is 11.5 Å². The third-order valence-electron chi connectivity index (χ3n) is 2.65. The summed E-state index contributed by atoms with van der Waals surface area (Å²) in [5, 5.41) is 15.6. The van der Waals surface area contributed by atoms with Gasteiger partial charge < -0.3 is 5.32 Å². The summed E-state index contributed by atoms with van der Waals surface area (Å²) in [7, 11) is 0. The third kappa shape index (κ3) is 3.39. The molecule has 0 amide bonds. The van der Waals surface area contributed by atoms with E-state index in [2.05, 4.69) is 16.4 Å². The molecular formula is C14H15N3S. The van der Waals surface area contributed by atoms with E-state index in [4.69, 9.17) is 0 Å². The highest BCUT2D eigenvalue weighted by Gasteiger charge is 2.09. The SMILES string of the molecule is Cc1csc(CNCC(C#N)c2ccccc2)n1. The molecule has 2 rings (SSSR count). The number of benzene rings is 1. The summed E-state index contributed by atoms with van der Waals surface area (Å²) in [6.45, 7) is 3.37. The summed E-state index contributed by atoms with van der Waals surface area (Å²) < 4.78 is 0. The van der Waals surface area contributed by atoms with Gasteiger partial charge in [-0.05, 0) is 12.5 Å². The molecule has 1 atom stereocenters. The Balaban J connectivity index is 1.87. The quantitative estimate of drug-likeness (QED) is 0.896. The van der Waals surface area contributed by atoms with Crippen LogP contribution in [0, 0.1) is 18.3 Å². The van der Waals surface area contributed by atoms with Gasteiger partial charge in [-0.2, -0.15) is 5.26 Å². The number of aryl methyl sites for hydroxylation is 1. The Hall–Kier alpha value is -1.70. The lowest BCUT2D eigenvalue weighted by atomic mass is 10.0. The molecule has 0 fully saturated rings. The van der Waals surface area contributed by atoms with Gasteiger partial charge in [-0.15, -0.1) is 11.3 Å². The molecule has 0 aliphatic rings. The normalized spacial score (nSPS) is 12.0. The largest absolute Gasteiger partial charge is 0.309 e. The topological polar surface area (TPSA) is 48.7 Å². The number of nitrogens with one attached hydrogen (secondary N) is 1. The van der Waals surface area contributed by atoms with E-state index in [9.17, 15) is 5.26 Å². The maximum Gasteiger partial charge on any atom is 0.107 e. The van der Waals surface area contributed by atoms with Gasteiger partial charge in [0.05, 0.1) is 12.0 Å². The van der Waals surface area contributed by atoms with Gasteiger partial charge >= 0.3 is 0 Å². The summed E-state index contributed by atoms with van der Waals surface area (Å²) in [5.74, 6) is -0.104. The molecule has 0 bridgehead atoms. The molecule has 0 aliphatic carbocycles. The molecule has 0 saturated carbocycles. The van der Waals surface area contributed by atoms with E-state index in [-0.39, 0.29) is 5.92 Å². The van der Waals surface area contributed by atoms with Crippen LogP contribution in [-0.2, 0) is 6.54 Å². The molecule has 1 heterocycles. The minimum atomic E-state index is -0.104. The molecule has 92 valence electrons. The summed E-state index contributed by atoms with van der Waals surface area (Å²) >= 11 is 1.65. The summed E-state index contributed by atoms with van der Waals surface area (Å²) in [5.41, 5.74) is 2.11. The van der Waals surface area contributed by atoms with Crippen LogP contribution < -0.4 is 5.32 Å². The molecule has 1 unspecified atom stereocenters. The lowest BCUT2D eigenvalue weighted by Gasteiger charge is -2.09. The smallest absolute Gasteiger partial charge is 0.107 e. The maximum atomic E-state index is 9.18. The highest BCUT2D eigenvalue weighted by atomic mass is 32.1. The van der Waals surface area contributed by atoms with Crippen molar-refractivity contribution in [1.29, 1.82) is 5.26 Å². The minimum absolute atomic E-state index is 0.104. The number of aromatic nitrogens is 1. The van der Waals surface area contributed by atoms with E-state index in [1.54, 1.807) is 11.3 Å². The predicted molar refractivity (Wildman–Crippen MR) is 73.4 cm³/mol. The first kappa shape index (κ1) is 12.7. The zero-order valence-corrected chi connectivity index (χ0v) is 11.1. The molecule has 0 radical (unpaired) electrons. The molecule has 0 saturated heterocycles. The predicted octanol–water partition coefficient (Wildman–Crippen LogP) is 2.85. The van der Waals surface area contributed by atoms with Gasteiger partial charge in [0.1, 0.15) is 5.01 Å². The minimum Gasteiger partial charge on any atom is -0.309 e. The van der Waals surface area contributed by atoms with Gasteiger partial charge in [-0.3, -0.25) is 0 Å². The van der Waals surface area contributed by atoms with Crippen LogP contribution in [0.15, 0.2) is 35.7 Å². The van der Waals surface area contributed by atoms with Gasteiger partial charge in [0.25, 0.3) is 0 Å². The number of nitrogens with zero attached hydrogens (tertiary/aromatic N) is 2. The second kappa shape index (κ2) is 6.29. The summed E-state index contributed by atoms with van der Waals surface area (Å²) in [6.07, 6.45) is 0. The van der Waals surface area contributed by atoms with E-state index >= 15 is 0 Å². The second-order valence-electron chi connectivity index (χ2n) is 4.11. The summed E-state index contributed by atoms with van der Waals surface area (Å²) in [4.78, 5) is 4.38. The van der Waals surface area contributed by atoms with Gasteiger partial charge in [0.15, 0.2) is 0 Å². The van der Waals surface area contributed by atoms with Crippen LogP contribution in [0.5, 0.6) is 0 Å². The Kier molecular flexibility index (Phi) is 4.46. The van der Waals surface area contributed by atoms with Gasteiger partial charge in [-0.25, -0.2) is 4.98 Å². The number of nitriles is 1. The molecule has 18 heavy (non-hydrogen) atoms. The van der Waals surface area contributed by atoms with Crippen molar-refractivity contribution < 1.29 is 0 Å². The molecule has 1 N–H and O–H groups in total. The van der Waals surface area contributed by atoms with Crippen LogP contribution in [0.2, 0.25) is 0 Å². The van der Waals surface area contributed by atoms with Crippen molar-refractivity contribution in [2.45, 2.75) is 19.4 Å². The Morgan fingerprint density at radius 2 is 2.17 bits per heavy atom. The Morgan fingerprint density at radius 3 is 2.78 bits per heavy atom. The molecule has 1 aromatic carbocycles. The highest BCUT2D eigenvalue weighted by molar-refractivity contribution is 7.09. The molecule has 3 nitrogen and oxygen atoms in total. The Labute approximate surface area is 111 Å². The van der Waals surface area contributed by atoms with Gasteiger partial charge in [-0.1, -0.05) is 30.3 Å². The van der Waals surface area contributed by atoms with E-state index in [0.29, 0.717) is 6.54 Å². The fourth-order valence-corrected chi connectivity index (χ4v) is 2.47. The first-order valence-electron chi connectivity index (χ1n) is 5.86. The first-order chi connectivity index (χ1) is 8.79. The van der Waals surface area contributed by atoms with Crippen LogP contribution in [0.3, 0.4) is 0 Å². The lowest BCUT2D eigenvalue weighted by molar-refractivity contribution is 0.649.